The SMILES string of the molecule is CN(C)CCCNC(=O)c1cccc(C(=O)Nc2ccc(C(C)(C)C)cc2)c1. The summed E-state index contributed by atoms with van der Waals surface area (Å²) in [5.74, 6) is -0.395. The molecule has 0 aromatic heterocycles. The summed E-state index contributed by atoms with van der Waals surface area (Å²) in [7, 11) is 4.00. The van der Waals surface area contributed by atoms with Crippen LogP contribution in [0, 0.1) is 0 Å². The second-order valence-electron chi connectivity index (χ2n) is 8.28. The van der Waals surface area contributed by atoms with Crippen molar-refractivity contribution in [2.45, 2.75) is 32.6 Å². The number of nitrogens with zero attached hydrogens (tertiary/aromatic N) is 1. The third-order valence-corrected chi connectivity index (χ3v) is 4.46. The summed E-state index contributed by atoms with van der Waals surface area (Å²) >= 11 is 0. The molecule has 2 aromatic carbocycles. The predicted molar refractivity (Wildman–Crippen MR) is 115 cm³/mol. The molecule has 2 aromatic rings. The van der Waals surface area contributed by atoms with Gasteiger partial charge in [-0.2, -0.15) is 0 Å². The summed E-state index contributed by atoms with van der Waals surface area (Å²) in [6.45, 7) is 7.97. The maximum atomic E-state index is 12.6. The van der Waals surface area contributed by atoms with Crippen LogP contribution in [0.5, 0.6) is 0 Å². The molecule has 0 fully saturated rings. The Morgan fingerprint density at radius 1 is 0.929 bits per heavy atom. The summed E-state index contributed by atoms with van der Waals surface area (Å²) in [5, 5.41) is 5.78. The van der Waals surface area contributed by atoms with Gasteiger partial charge in [-0.05, 0) is 68.4 Å². The van der Waals surface area contributed by atoms with Gasteiger partial charge in [0.15, 0.2) is 0 Å². The molecule has 0 aliphatic carbocycles. The summed E-state index contributed by atoms with van der Waals surface area (Å²) in [4.78, 5) is 26.9. The maximum absolute atomic E-state index is 12.6. The fourth-order valence-electron chi connectivity index (χ4n) is 2.76. The number of carbonyl (C=O) groups excluding carboxylic acids is 2. The fraction of sp³-hybridized carbons (Fsp3) is 0.391. The molecular formula is C23H31N3O2. The summed E-state index contributed by atoms with van der Waals surface area (Å²) in [5.41, 5.74) is 2.95. The second kappa shape index (κ2) is 9.51. The molecule has 28 heavy (non-hydrogen) atoms. The van der Waals surface area contributed by atoms with Crippen molar-refractivity contribution in [3.8, 4) is 0 Å². The minimum atomic E-state index is -0.231. The van der Waals surface area contributed by atoms with Gasteiger partial charge in [-0.3, -0.25) is 9.59 Å². The Morgan fingerprint density at radius 3 is 2.11 bits per heavy atom. The molecule has 0 unspecified atom stereocenters. The Labute approximate surface area is 168 Å². The molecule has 0 heterocycles. The van der Waals surface area contributed by atoms with E-state index < -0.39 is 0 Å². The van der Waals surface area contributed by atoms with Crippen molar-refractivity contribution < 1.29 is 9.59 Å². The molecule has 5 nitrogen and oxygen atoms in total. The largest absolute Gasteiger partial charge is 0.352 e. The predicted octanol–water partition coefficient (Wildman–Crippen LogP) is 3.92. The van der Waals surface area contributed by atoms with E-state index in [0.717, 1.165) is 18.7 Å². The molecule has 0 radical (unpaired) electrons. The maximum Gasteiger partial charge on any atom is 0.255 e. The smallest absolute Gasteiger partial charge is 0.255 e. The number of hydrogen-bond acceptors (Lipinski definition) is 3. The van der Waals surface area contributed by atoms with Crippen LogP contribution < -0.4 is 10.6 Å². The molecule has 0 aliphatic rings. The fourth-order valence-corrected chi connectivity index (χ4v) is 2.76. The standard InChI is InChI=1S/C23H31N3O2/c1-23(2,3)19-10-12-20(13-11-19)25-22(28)18-9-6-8-17(16-18)21(27)24-14-7-15-26(4)5/h6,8-13,16H,7,14-15H2,1-5H3,(H,24,27)(H,25,28). The van der Waals surface area contributed by atoms with Crippen molar-refractivity contribution >= 4 is 17.5 Å². The van der Waals surface area contributed by atoms with Gasteiger partial charge in [-0.1, -0.05) is 39.0 Å². The zero-order valence-corrected chi connectivity index (χ0v) is 17.5. The number of benzene rings is 2. The lowest BCUT2D eigenvalue weighted by Gasteiger charge is -2.19. The van der Waals surface area contributed by atoms with Crippen molar-refractivity contribution in [3.05, 3.63) is 65.2 Å². The van der Waals surface area contributed by atoms with E-state index in [-0.39, 0.29) is 17.2 Å². The average Bonchev–Trinajstić information content (AvgIpc) is 2.64. The van der Waals surface area contributed by atoms with E-state index in [4.69, 9.17) is 0 Å². The van der Waals surface area contributed by atoms with Crippen LogP contribution in [0.2, 0.25) is 0 Å². The number of hydrogen-bond donors (Lipinski definition) is 2. The zero-order valence-electron chi connectivity index (χ0n) is 17.5. The lowest BCUT2D eigenvalue weighted by atomic mass is 9.87. The minimum absolute atomic E-state index is 0.0662. The van der Waals surface area contributed by atoms with Crippen LogP contribution in [0.1, 0.15) is 53.5 Å². The van der Waals surface area contributed by atoms with E-state index >= 15 is 0 Å². The van der Waals surface area contributed by atoms with Gasteiger partial charge in [0.1, 0.15) is 0 Å². The number of carbonyl (C=O) groups is 2. The molecular weight excluding hydrogens is 350 g/mol. The number of nitrogens with one attached hydrogen (secondary N) is 2. The lowest BCUT2D eigenvalue weighted by molar-refractivity contribution is 0.0952. The zero-order chi connectivity index (χ0) is 20.7. The molecule has 2 amide bonds. The summed E-state index contributed by atoms with van der Waals surface area (Å²) in [6.07, 6.45) is 0.878. The molecule has 0 saturated carbocycles. The van der Waals surface area contributed by atoms with E-state index in [1.165, 1.54) is 5.56 Å². The second-order valence-corrected chi connectivity index (χ2v) is 8.28. The highest BCUT2D eigenvalue weighted by Crippen LogP contribution is 2.23. The molecule has 0 atom stereocenters. The van der Waals surface area contributed by atoms with Crippen LogP contribution in [0.15, 0.2) is 48.5 Å². The van der Waals surface area contributed by atoms with Crippen molar-refractivity contribution in [2.75, 3.05) is 32.5 Å². The van der Waals surface area contributed by atoms with E-state index in [2.05, 4.69) is 36.3 Å². The Hall–Kier alpha value is -2.66. The monoisotopic (exact) mass is 381 g/mol. The third-order valence-electron chi connectivity index (χ3n) is 4.46. The summed E-state index contributed by atoms with van der Waals surface area (Å²) < 4.78 is 0. The van der Waals surface area contributed by atoms with Crippen LogP contribution in [-0.4, -0.2) is 43.9 Å². The molecule has 0 aliphatic heterocycles. The highest BCUT2D eigenvalue weighted by Gasteiger charge is 2.14. The van der Waals surface area contributed by atoms with Crippen LogP contribution in [-0.2, 0) is 5.41 Å². The van der Waals surface area contributed by atoms with E-state index in [9.17, 15) is 9.59 Å². The van der Waals surface area contributed by atoms with Gasteiger partial charge < -0.3 is 15.5 Å². The molecule has 0 bridgehead atoms. The van der Waals surface area contributed by atoms with Crippen LogP contribution in [0.4, 0.5) is 5.69 Å². The van der Waals surface area contributed by atoms with Crippen LogP contribution in [0.3, 0.4) is 0 Å². The van der Waals surface area contributed by atoms with E-state index in [1.54, 1.807) is 24.3 Å². The van der Waals surface area contributed by atoms with Gasteiger partial charge in [-0.25, -0.2) is 0 Å². The number of rotatable bonds is 7. The topological polar surface area (TPSA) is 61.4 Å². The molecule has 2 rings (SSSR count). The Balaban J connectivity index is 1.98. The normalized spacial score (nSPS) is 11.4. The quantitative estimate of drug-likeness (QED) is 0.715. The highest BCUT2D eigenvalue weighted by molar-refractivity contribution is 6.06. The number of amides is 2. The van der Waals surface area contributed by atoms with Gasteiger partial charge in [0.05, 0.1) is 0 Å². The van der Waals surface area contributed by atoms with Crippen molar-refractivity contribution in [1.29, 1.82) is 0 Å². The van der Waals surface area contributed by atoms with E-state index in [0.29, 0.717) is 17.7 Å². The highest BCUT2D eigenvalue weighted by atomic mass is 16.2. The van der Waals surface area contributed by atoms with Gasteiger partial charge in [0.25, 0.3) is 11.8 Å². The third kappa shape index (κ3) is 6.50. The average molecular weight is 382 g/mol. The van der Waals surface area contributed by atoms with Crippen molar-refractivity contribution in [2.24, 2.45) is 0 Å². The van der Waals surface area contributed by atoms with Crippen LogP contribution in [0.25, 0.3) is 0 Å². The molecule has 5 heteroatoms. The first-order valence-electron chi connectivity index (χ1n) is 9.62. The minimum Gasteiger partial charge on any atom is -0.352 e. The molecule has 0 saturated heterocycles. The van der Waals surface area contributed by atoms with Crippen LogP contribution >= 0.6 is 0 Å². The Kier molecular flexibility index (Phi) is 7.35. The van der Waals surface area contributed by atoms with Crippen molar-refractivity contribution in [1.82, 2.24) is 10.2 Å². The first-order valence-corrected chi connectivity index (χ1v) is 9.62. The molecule has 2 N–H and O–H groups in total. The van der Waals surface area contributed by atoms with Gasteiger partial charge in [0, 0.05) is 23.4 Å². The summed E-state index contributed by atoms with van der Waals surface area (Å²) in [6, 6.07) is 14.6. The number of anilines is 1. The van der Waals surface area contributed by atoms with Gasteiger partial charge in [-0.15, -0.1) is 0 Å². The first kappa shape index (κ1) is 21.6. The first-order chi connectivity index (χ1) is 13.2. The van der Waals surface area contributed by atoms with Gasteiger partial charge >= 0.3 is 0 Å². The van der Waals surface area contributed by atoms with Crippen molar-refractivity contribution in [3.63, 3.8) is 0 Å². The molecule has 0 spiro atoms. The lowest BCUT2D eigenvalue weighted by Crippen LogP contribution is -2.27. The van der Waals surface area contributed by atoms with Gasteiger partial charge in [0.2, 0.25) is 0 Å². The Bertz CT molecular complexity index is 805. The van der Waals surface area contributed by atoms with E-state index in [1.807, 2.05) is 38.4 Å². The molecule has 150 valence electrons. The Morgan fingerprint density at radius 2 is 1.54 bits per heavy atom.